The number of nitro groups is 1. The molecule has 1 aromatic heterocycles. The van der Waals surface area contributed by atoms with Crippen molar-refractivity contribution in [1.82, 2.24) is 9.80 Å². The molecule has 0 radical (unpaired) electrons. The van der Waals surface area contributed by atoms with Gasteiger partial charge in [-0.2, -0.15) is 0 Å². The molecule has 2 aromatic rings. The first kappa shape index (κ1) is 18.8. The summed E-state index contributed by atoms with van der Waals surface area (Å²) in [6, 6.07) is 6.38. The molecular weight excluding hydrogens is 377 g/mol. The summed E-state index contributed by atoms with van der Waals surface area (Å²) in [4.78, 5) is 38.7. The molecule has 1 aliphatic rings. The zero-order valence-electron chi connectivity index (χ0n) is 14.2. The number of hydrogen-bond acceptors (Lipinski definition) is 6. The molecule has 8 nitrogen and oxygen atoms in total. The second kappa shape index (κ2) is 8.12. The lowest BCUT2D eigenvalue weighted by molar-refractivity contribution is -0.385. The number of rotatable bonds is 5. The van der Waals surface area contributed by atoms with Crippen LogP contribution in [0.4, 0.5) is 10.1 Å². The van der Waals surface area contributed by atoms with Crippen molar-refractivity contribution in [2.45, 2.75) is 0 Å². The Labute approximate surface area is 157 Å². The van der Waals surface area contributed by atoms with Gasteiger partial charge in [-0.05, 0) is 17.5 Å². The number of nitro benzene ring substituents is 1. The number of carbonyl (C=O) groups excluding carboxylic acids is 2. The fourth-order valence-corrected chi connectivity index (χ4v) is 3.39. The highest BCUT2D eigenvalue weighted by molar-refractivity contribution is 7.12. The van der Waals surface area contributed by atoms with E-state index in [4.69, 9.17) is 4.74 Å². The summed E-state index contributed by atoms with van der Waals surface area (Å²) in [6.07, 6.45) is 0. The summed E-state index contributed by atoms with van der Waals surface area (Å²) in [5.41, 5.74) is -0.407. The second-order valence-corrected chi connectivity index (χ2v) is 6.76. The molecule has 0 bridgehead atoms. The number of benzene rings is 1. The van der Waals surface area contributed by atoms with Crippen LogP contribution in [0.5, 0.6) is 5.75 Å². The van der Waals surface area contributed by atoms with E-state index in [-0.39, 0.29) is 17.6 Å². The zero-order valence-corrected chi connectivity index (χ0v) is 15.0. The van der Waals surface area contributed by atoms with Crippen molar-refractivity contribution in [2.24, 2.45) is 0 Å². The predicted octanol–water partition coefficient (Wildman–Crippen LogP) is 2.16. The molecule has 0 atom stereocenters. The van der Waals surface area contributed by atoms with Crippen molar-refractivity contribution in [2.75, 3.05) is 32.8 Å². The lowest BCUT2D eigenvalue weighted by atomic mass is 10.3. The molecule has 0 unspecified atom stereocenters. The maximum Gasteiger partial charge on any atom is 0.311 e. The molecule has 0 spiro atoms. The molecule has 3 rings (SSSR count). The first-order valence-corrected chi connectivity index (χ1v) is 9.01. The highest BCUT2D eigenvalue weighted by Crippen LogP contribution is 2.27. The monoisotopic (exact) mass is 393 g/mol. The summed E-state index contributed by atoms with van der Waals surface area (Å²) in [6.45, 7) is 1.02. The Kier molecular flexibility index (Phi) is 5.65. The number of thiophene rings is 1. The van der Waals surface area contributed by atoms with E-state index < -0.39 is 23.0 Å². The minimum Gasteiger partial charge on any atom is -0.477 e. The van der Waals surface area contributed by atoms with Crippen LogP contribution in [-0.2, 0) is 4.79 Å². The van der Waals surface area contributed by atoms with Gasteiger partial charge >= 0.3 is 5.69 Å². The Balaban J connectivity index is 1.54. The third kappa shape index (κ3) is 4.40. The highest BCUT2D eigenvalue weighted by Gasteiger charge is 2.26. The molecule has 2 heterocycles. The van der Waals surface area contributed by atoms with E-state index in [2.05, 4.69) is 0 Å². The average Bonchev–Trinajstić information content (AvgIpc) is 3.20. The molecule has 1 saturated heterocycles. The number of carbonyl (C=O) groups is 2. The van der Waals surface area contributed by atoms with E-state index in [1.54, 1.807) is 17.0 Å². The Morgan fingerprint density at radius 2 is 1.89 bits per heavy atom. The van der Waals surface area contributed by atoms with Gasteiger partial charge in [-0.15, -0.1) is 11.3 Å². The summed E-state index contributed by atoms with van der Waals surface area (Å²) < 4.78 is 18.5. The van der Waals surface area contributed by atoms with Gasteiger partial charge in [0.25, 0.3) is 11.8 Å². The molecule has 1 aromatic carbocycles. The normalized spacial score (nSPS) is 14.1. The van der Waals surface area contributed by atoms with Crippen LogP contribution in [0.2, 0.25) is 0 Å². The van der Waals surface area contributed by atoms with Crippen molar-refractivity contribution in [1.29, 1.82) is 0 Å². The van der Waals surface area contributed by atoms with E-state index in [0.717, 1.165) is 18.2 Å². The number of piperazine rings is 1. The maximum absolute atomic E-state index is 13.3. The Bertz CT molecular complexity index is 850. The molecule has 0 N–H and O–H groups in total. The number of halogens is 1. The van der Waals surface area contributed by atoms with Crippen molar-refractivity contribution in [3.63, 3.8) is 0 Å². The van der Waals surface area contributed by atoms with Crippen molar-refractivity contribution in [3.05, 3.63) is 56.5 Å². The van der Waals surface area contributed by atoms with Gasteiger partial charge in [0, 0.05) is 38.3 Å². The predicted molar refractivity (Wildman–Crippen MR) is 95.4 cm³/mol. The molecular formula is C17H16FN3O5S. The van der Waals surface area contributed by atoms with Gasteiger partial charge in [0.2, 0.25) is 5.75 Å². The van der Waals surface area contributed by atoms with Crippen molar-refractivity contribution in [3.8, 4) is 5.75 Å². The summed E-state index contributed by atoms with van der Waals surface area (Å²) >= 11 is 1.36. The van der Waals surface area contributed by atoms with Crippen molar-refractivity contribution >= 4 is 28.8 Å². The molecule has 0 saturated carbocycles. The third-order valence-electron chi connectivity index (χ3n) is 4.12. The molecule has 2 amide bonds. The standard InChI is InChI=1S/C17H16FN3O5S/c18-12-3-4-13(21(24)25)14(10-12)26-11-16(22)19-5-7-20(8-6-19)17(23)15-2-1-9-27-15/h1-4,9-10H,5-8,11H2. The summed E-state index contributed by atoms with van der Waals surface area (Å²) in [5.74, 6) is -1.43. The van der Waals surface area contributed by atoms with Gasteiger partial charge in [-0.3, -0.25) is 19.7 Å². The van der Waals surface area contributed by atoms with Crippen LogP contribution < -0.4 is 4.74 Å². The van der Waals surface area contributed by atoms with Gasteiger partial charge < -0.3 is 14.5 Å². The van der Waals surface area contributed by atoms with Gasteiger partial charge in [-0.25, -0.2) is 4.39 Å². The maximum atomic E-state index is 13.3. The second-order valence-electron chi connectivity index (χ2n) is 5.81. The Hall–Kier alpha value is -3.01. The van der Waals surface area contributed by atoms with Crippen LogP contribution >= 0.6 is 11.3 Å². The molecule has 10 heteroatoms. The lowest BCUT2D eigenvalue weighted by Gasteiger charge is -2.34. The molecule has 0 aliphatic carbocycles. The molecule has 27 heavy (non-hydrogen) atoms. The average molecular weight is 393 g/mol. The largest absolute Gasteiger partial charge is 0.477 e. The smallest absolute Gasteiger partial charge is 0.311 e. The first-order valence-electron chi connectivity index (χ1n) is 8.13. The number of hydrogen-bond donors (Lipinski definition) is 0. The van der Waals surface area contributed by atoms with Crippen LogP contribution in [-0.4, -0.2) is 59.3 Å². The van der Waals surface area contributed by atoms with Gasteiger partial charge in [-0.1, -0.05) is 6.07 Å². The van der Waals surface area contributed by atoms with E-state index in [1.807, 2.05) is 5.38 Å². The van der Waals surface area contributed by atoms with Crippen LogP contribution in [0, 0.1) is 15.9 Å². The first-order chi connectivity index (χ1) is 13.0. The number of ether oxygens (including phenoxy) is 1. The third-order valence-corrected chi connectivity index (χ3v) is 4.98. The van der Waals surface area contributed by atoms with E-state index in [0.29, 0.717) is 31.1 Å². The topological polar surface area (TPSA) is 93.0 Å². The molecule has 142 valence electrons. The fraction of sp³-hybridized carbons (Fsp3) is 0.294. The van der Waals surface area contributed by atoms with Crippen LogP contribution in [0.1, 0.15) is 9.67 Å². The fourth-order valence-electron chi connectivity index (χ4n) is 2.70. The van der Waals surface area contributed by atoms with Crippen LogP contribution in [0.3, 0.4) is 0 Å². The number of nitrogens with zero attached hydrogens (tertiary/aromatic N) is 3. The Morgan fingerprint density at radius 3 is 2.52 bits per heavy atom. The van der Waals surface area contributed by atoms with Crippen molar-refractivity contribution < 1.29 is 23.6 Å². The van der Waals surface area contributed by atoms with E-state index in [1.165, 1.54) is 16.2 Å². The van der Waals surface area contributed by atoms with E-state index >= 15 is 0 Å². The van der Waals surface area contributed by atoms with Crippen LogP contribution in [0.15, 0.2) is 35.7 Å². The summed E-state index contributed by atoms with van der Waals surface area (Å²) in [5, 5.41) is 12.8. The SMILES string of the molecule is O=C(COc1cc(F)ccc1[N+](=O)[O-])N1CCN(C(=O)c2cccs2)CC1. The Morgan fingerprint density at radius 1 is 1.19 bits per heavy atom. The lowest BCUT2D eigenvalue weighted by Crippen LogP contribution is -2.51. The minimum atomic E-state index is -0.700. The minimum absolute atomic E-state index is 0.0660. The van der Waals surface area contributed by atoms with Gasteiger partial charge in [0.15, 0.2) is 6.61 Å². The van der Waals surface area contributed by atoms with Gasteiger partial charge in [0.05, 0.1) is 9.80 Å². The highest BCUT2D eigenvalue weighted by atomic mass is 32.1. The van der Waals surface area contributed by atoms with Gasteiger partial charge in [0.1, 0.15) is 5.82 Å². The number of amides is 2. The van der Waals surface area contributed by atoms with E-state index in [9.17, 15) is 24.1 Å². The zero-order chi connectivity index (χ0) is 19.4. The molecule has 1 aliphatic heterocycles. The van der Waals surface area contributed by atoms with Crippen LogP contribution in [0.25, 0.3) is 0 Å². The molecule has 1 fully saturated rings. The summed E-state index contributed by atoms with van der Waals surface area (Å²) in [7, 11) is 0. The quantitative estimate of drug-likeness (QED) is 0.573.